The number of nitrogens with zero attached hydrogens (tertiary/aromatic N) is 1. The van der Waals surface area contributed by atoms with Gasteiger partial charge in [0.15, 0.2) is 0 Å². The minimum Gasteiger partial charge on any atom is -0.292 e. The van der Waals surface area contributed by atoms with Gasteiger partial charge in [0.2, 0.25) is 0 Å². The molecule has 1 nitrogen and oxygen atoms in total. The lowest BCUT2D eigenvalue weighted by Gasteiger charge is -2.36. The van der Waals surface area contributed by atoms with E-state index in [9.17, 15) is 0 Å². The first-order valence-corrected chi connectivity index (χ1v) is 7.38. The highest BCUT2D eigenvalue weighted by molar-refractivity contribution is 5.22. The summed E-state index contributed by atoms with van der Waals surface area (Å²) in [5.74, 6) is 1.29. The highest BCUT2D eigenvalue weighted by Gasteiger charge is 2.42. The van der Waals surface area contributed by atoms with Crippen LogP contribution < -0.4 is 0 Å². The van der Waals surface area contributed by atoms with Gasteiger partial charge < -0.3 is 0 Å². The fourth-order valence-corrected chi connectivity index (χ4v) is 3.93. The van der Waals surface area contributed by atoms with E-state index in [2.05, 4.69) is 54.5 Å². The SMILES string of the molecule is C=C[C@H]1CCC[C@@H]2[C@H]1C(=C)CN2Cc1ccccc1. The van der Waals surface area contributed by atoms with Crippen LogP contribution in [0.1, 0.15) is 24.8 Å². The monoisotopic (exact) mass is 253 g/mol. The zero-order valence-corrected chi connectivity index (χ0v) is 11.6. The van der Waals surface area contributed by atoms with Crippen molar-refractivity contribution >= 4 is 0 Å². The zero-order chi connectivity index (χ0) is 13.2. The number of allylic oxidation sites excluding steroid dienone is 1. The lowest BCUT2D eigenvalue weighted by atomic mass is 9.74. The normalized spacial score (nSPS) is 31.2. The van der Waals surface area contributed by atoms with Gasteiger partial charge in [-0.2, -0.15) is 0 Å². The molecule has 1 aromatic carbocycles. The van der Waals surface area contributed by atoms with E-state index < -0.39 is 0 Å². The predicted octanol–water partition coefficient (Wildman–Crippen LogP) is 4.03. The number of hydrogen-bond acceptors (Lipinski definition) is 1. The van der Waals surface area contributed by atoms with Crippen LogP contribution in [0.2, 0.25) is 0 Å². The van der Waals surface area contributed by atoms with E-state index in [-0.39, 0.29) is 0 Å². The van der Waals surface area contributed by atoms with Gasteiger partial charge in [0.1, 0.15) is 0 Å². The molecule has 1 aromatic rings. The Morgan fingerprint density at radius 2 is 2.00 bits per heavy atom. The van der Waals surface area contributed by atoms with Crippen molar-refractivity contribution in [1.29, 1.82) is 0 Å². The summed E-state index contributed by atoms with van der Waals surface area (Å²) in [5, 5.41) is 0. The molecule has 2 fully saturated rings. The summed E-state index contributed by atoms with van der Waals surface area (Å²) in [6.07, 6.45) is 6.11. The Kier molecular flexibility index (Phi) is 3.56. The zero-order valence-electron chi connectivity index (χ0n) is 11.6. The molecular formula is C18H23N. The molecule has 0 radical (unpaired) electrons. The van der Waals surface area contributed by atoms with Gasteiger partial charge in [-0.25, -0.2) is 0 Å². The second-order valence-electron chi connectivity index (χ2n) is 5.97. The highest BCUT2D eigenvalue weighted by Crippen LogP contribution is 2.43. The third-order valence-electron chi connectivity index (χ3n) is 4.79. The van der Waals surface area contributed by atoms with Crippen LogP contribution in [0.4, 0.5) is 0 Å². The molecule has 100 valence electrons. The van der Waals surface area contributed by atoms with E-state index >= 15 is 0 Å². The van der Waals surface area contributed by atoms with Crippen LogP contribution in [-0.4, -0.2) is 17.5 Å². The summed E-state index contributed by atoms with van der Waals surface area (Å²) in [4.78, 5) is 2.62. The fourth-order valence-electron chi connectivity index (χ4n) is 3.93. The maximum absolute atomic E-state index is 4.34. The van der Waals surface area contributed by atoms with Gasteiger partial charge in [0.25, 0.3) is 0 Å². The average Bonchev–Trinajstić information content (AvgIpc) is 2.77. The van der Waals surface area contributed by atoms with Gasteiger partial charge in [-0.15, -0.1) is 6.58 Å². The molecule has 1 heterocycles. The Labute approximate surface area is 116 Å². The summed E-state index contributed by atoms with van der Waals surface area (Å²) in [6, 6.07) is 11.5. The minimum absolute atomic E-state index is 0.645. The second kappa shape index (κ2) is 5.34. The second-order valence-corrected chi connectivity index (χ2v) is 5.97. The van der Waals surface area contributed by atoms with E-state index in [0.717, 1.165) is 13.1 Å². The summed E-state index contributed by atoms with van der Waals surface area (Å²) < 4.78 is 0. The summed E-state index contributed by atoms with van der Waals surface area (Å²) >= 11 is 0. The van der Waals surface area contributed by atoms with Crippen LogP contribution >= 0.6 is 0 Å². The molecular weight excluding hydrogens is 230 g/mol. The molecule has 1 saturated carbocycles. The van der Waals surface area contributed by atoms with Gasteiger partial charge in [0, 0.05) is 25.0 Å². The minimum atomic E-state index is 0.645. The Morgan fingerprint density at radius 1 is 1.21 bits per heavy atom. The molecule has 1 aliphatic heterocycles. The first kappa shape index (κ1) is 12.7. The van der Waals surface area contributed by atoms with Crippen LogP contribution in [-0.2, 0) is 6.54 Å². The first-order valence-electron chi connectivity index (χ1n) is 7.38. The van der Waals surface area contributed by atoms with Gasteiger partial charge >= 0.3 is 0 Å². The Morgan fingerprint density at radius 3 is 2.74 bits per heavy atom. The Hall–Kier alpha value is -1.34. The van der Waals surface area contributed by atoms with E-state index in [1.165, 1.54) is 30.4 Å². The molecule has 0 unspecified atom stereocenters. The van der Waals surface area contributed by atoms with Gasteiger partial charge in [0.05, 0.1) is 0 Å². The van der Waals surface area contributed by atoms with Gasteiger partial charge in [-0.05, 0) is 24.3 Å². The van der Waals surface area contributed by atoms with Crippen molar-refractivity contribution < 1.29 is 0 Å². The molecule has 1 saturated heterocycles. The Bertz CT molecular complexity index is 462. The van der Waals surface area contributed by atoms with Crippen molar-refractivity contribution in [3.63, 3.8) is 0 Å². The summed E-state index contributed by atoms with van der Waals surface area (Å²) in [6.45, 7) is 10.5. The van der Waals surface area contributed by atoms with Gasteiger partial charge in [-0.3, -0.25) is 4.90 Å². The highest BCUT2D eigenvalue weighted by atomic mass is 15.2. The smallest absolute Gasteiger partial charge is 0.0240 e. The molecule has 3 rings (SSSR count). The van der Waals surface area contributed by atoms with Gasteiger partial charge in [-0.1, -0.05) is 55.0 Å². The third-order valence-corrected chi connectivity index (χ3v) is 4.79. The van der Waals surface area contributed by atoms with Crippen LogP contribution in [0.3, 0.4) is 0 Å². The van der Waals surface area contributed by atoms with Crippen molar-refractivity contribution in [3.8, 4) is 0 Å². The van der Waals surface area contributed by atoms with Crippen molar-refractivity contribution in [2.24, 2.45) is 11.8 Å². The molecule has 1 aliphatic carbocycles. The molecule has 19 heavy (non-hydrogen) atoms. The molecule has 0 N–H and O–H groups in total. The molecule has 0 spiro atoms. The Balaban J connectivity index is 1.77. The lowest BCUT2D eigenvalue weighted by Crippen LogP contribution is -2.37. The molecule has 1 heteroatoms. The van der Waals surface area contributed by atoms with Crippen LogP contribution in [0.25, 0.3) is 0 Å². The largest absolute Gasteiger partial charge is 0.292 e. The van der Waals surface area contributed by atoms with E-state index in [4.69, 9.17) is 0 Å². The van der Waals surface area contributed by atoms with Crippen molar-refractivity contribution in [2.45, 2.75) is 31.8 Å². The summed E-state index contributed by atoms with van der Waals surface area (Å²) in [7, 11) is 0. The fraction of sp³-hybridized carbons (Fsp3) is 0.444. The predicted molar refractivity (Wildman–Crippen MR) is 80.8 cm³/mol. The molecule has 0 amide bonds. The maximum atomic E-state index is 4.34. The van der Waals surface area contributed by atoms with Crippen molar-refractivity contribution in [2.75, 3.05) is 6.54 Å². The van der Waals surface area contributed by atoms with Crippen molar-refractivity contribution in [3.05, 3.63) is 60.7 Å². The van der Waals surface area contributed by atoms with E-state index in [1.807, 2.05) is 0 Å². The number of hydrogen-bond donors (Lipinski definition) is 0. The summed E-state index contributed by atoms with van der Waals surface area (Å²) in [5.41, 5.74) is 2.84. The van der Waals surface area contributed by atoms with E-state index in [0.29, 0.717) is 17.9 Å². The molecule has 0 aromatic heterocycles. The molecule has 3 atom stereocenters. The van der Waals surface area contributed by atoms with Crippen LogP contribution in [0.5, 0.6) is 0 Å². The van der Waals surface area contributed by atoms with Crippen molar-refractivity contribution in [1.82, 2.24) is 4.90 Å². The quantitative estimate of drug-likeness (QED) is 0.735. The van der Waals surface area contributed by atoms with Crippen LogP contribution in [0.15, 0.2) is 55.1 Å². The van der Waals surface area contributed by atoms with E-state index in [1.54, 1.807) is 0 Å². The topological polar surface area (TPSA) is 3.24 Å². The maximum Gasteiger partial charge on any atom is 0.0240 e. The third kappa shape index (κ3) is 2.40. The molecule has 0 bridgehead atoms. The number of fused-ring (bicyclic) bond motifs is 1. The number of rotatable bonds is 3. The first-order chi connectivity index (χ1) is 9.29. The number of benzene rings is 1. The van der Waals surface area contributed by atoms with Crippen LogP contribution in [0, 0.1) is 11.8 Å². The number of likely N-dealkylation sites (tertiary alicyclic amines) is 1. The average molecular weight is 253 g/mol. The molecule has 2 aliphatic rings. The standard InChI is InChI=1S/C18H23N/c1-3-16-10-7-11-17-18(16)14(2)12-19(17)13-15-8-5-4-6-9-15/h3-6,8-9,16-18H,1-2,7,10-13H2/t16-,17+,18-/m0/s1. The lowest BCUT2D eigenvalue weighted by molar-refractivity contribution is 0.155.